The molecule has 0 heterocycles. The molecular weight excluding hydrogens is 398 g/mol. The number of anilines is 2. The van der Waals surface area contributed by atoms with Crippen LogP contribution in [0.25, 0.3) is 0 Å². The summed E-state index contributed by atoms with van der Waals surface area (Å²) < 4.78 is 28.0. The summed E-state index contributed by atoms with van der Waals surface area (Å²) in [6.07, 6.45) is 2.17. The third kappa shape index (κ3) is 4.87. The van der Waals surface area contributed by atoms with Gasteiger partial charge in [0.25, 0.3) is 0 Å². The van der Waals surface area contributed by atoms with Crippen molar-refractivity contribution in [3.05, 3.63) is 64.3 Å². The van der Waals surface area contributed by atoms with Crippen LogP contribution in [0.4, 0.5) is 20.2 Å². The minimum atomic E-state index is -0.793. The van der Waals surface area contributed by atoms with Gasteiger partial charge in [-0.25, -0.2) is 8.78 Å². The van der Waals surface area contributed by atoms with Gasteiger partial charge in [-0.1, -0.05) is 15.9 Å². The number of benzene rings is 2. The van der Waals surface area contributed by atoms with Crippen molar-refractivity contribution >= 4 is 39.0 Å². The van der Waals surface area contributed by atoms with Crippen LogP contribution < -0.4 is 10.6 Å². The van der Waals surface area contributed by atoms with Gasteiger partial charge < -0.3 is 15.7 Å². The van der Waals surface area contributed by atoms with Gasteiger partial charge in [-0.3, -0.25) is 9.59 Å². The normalized spacial score (nSPS) is 10.7. The van der Waals surface area contributed by atoms with Crippen LogP contribution in [-0.4, -0.2) is 16.8 Å². The van der Waals surface area contributed by atoms with E-state index in [1.54, 1.807) is 0 Å². The van der Waals surface area contributed by atoms with E-state index in [-0.39, 0.29) is 16.9 Å². The molecule has 0 radical (unpaired) electrons. The van der Waals surface area contributed by atoms with E-state index in [0.29, 0.717) is 4.47 Å². The monoisotopic (exact) mass is 410 g/mol. The Bertz CT molecular complexity index is 869. The van der Waals surface area contributed by atoms with Gasteiger partial charge in [0, 0.05) is 29.7 Å². The highest BCUT2D eigenvalue weighted by atomic mass is 79.9. The lowest BCUT2D eigenvalue weighted by molar-refractivity contribution is -0.114. The summed E-state index contributed by atoms with van der Waals surface area (Å²) in [5.41, 5.74) is -0.205. The zero-order valence-electron chi connectivity index (χ0n) is 12.9. The molecule has 0 aliphatic heterocycles. The van der Waals surface area contributed by atoms with E-state index in [4.69, 9.17) is 0 Å². The van der Waals surface area contributed by atoms with Gasteiger partial charge >= 0.3 is 0 Å². The minimum absolute atomic E-state index is 0.00933. The lowest BCUT2D eigenvalue weighted by Crippen LogP contribution is -2.07. The van der Waals surface area contributed by atoms with Gasteiger partial charge in [0.05, 0.1) is 16.9 Å². The molecule has 0 spiro atoms. The highest BCUT2D eigenvalue weighted by Crippen LogP contribution is 2.29. The minimum Gasteiger partial charge on any atom is -0.506 e. The summed E-state index contributed by atoms with van der Waals surface area (Å²) in [6.45, 7) is 1.24. The predicted molar refractivity (Wildman–Crippen MR) is 93.6 cm³/mol. The smallest absolute Gasteiger partial charge is 0.221 e. The number of carbonyl (C=O) groups is 2. The van der Waals surface area contributed by atoms with Gasteiger partial charge in [0.2, 0.25) is 5.91 Å². The molecule has 5 nitrogen and oxygen atoms in total. The van der Waals surface area contributed by atoms with Crippen LogP contribution in [-0.2, 0) is 4.79 Å². The number of nitrogens with one attached hydrogen (secondary N) is 2. The van der Waals surface area contributed by atoms with Crippen LogP contribution in [0.3, 0.4) is 0 Å². The number of phenols is 1. The second kappa shape index (κ2) is 7.89. The van der Waals surface area contributed by atoms with Gasteiger partial charge in [-0.2, -0.15) is 0 Å². The number of rotatable bonds is 5. The zero-order chi connectivity index (χ0) is 18.6. The van der Waals surface area contributed by atoms with Crippen LogP contribution >= 0.6 is 15.9 Å². The fourth-order valence-electron chi connectivity index (χ4n) is 1.95. The molecule has 1 amide bonds. The first-order valence-corrected chi connectivity index (χ1v) is 7.80. The van der Waals surface area contributed by atoms with Crippen LogP contribution in [0, 0.1) is 11.6 Å². The first kappa shape index (κ1) is 18.6. The Balaban J connectivity index is 2.16. The lowest BCUT2D eigenvalue weighted by Gasteiger charge is -2.09. The Morgan fingerprint density at radius 3 is 2.48 bits per heavy atom. The number of hydrogen-bond acceptors (Lipinski definition) is 4. The molecule has 130 valence electrons. The Morgan fingerprint density at radius 2 is 1.84 bits per heavy atom. The van der Waals surface area contributed by atoms with E-state index < -0.39 is 29.1 Å². The van der Waals surface area contributed by atoms with Gasteiger partial charge in [0.15, 0.2) is 5.78 Å². The van der Waals surface area contributed by atoms with Crippen molar-refractivity contribution in [3.63, 3.8) is 0 Å². The molecule has 25 heavy (non-hydrogen) atoms. The molecule has 0 aliphatic rings. The number of aromatic hydroxyl groups is 1. The fourth-order valence-corrected chi connectivity index (χ4v) is 2.28. The van der Waals surface area contributed by atoms with E-state index in [1.807, 2.05) is 0 Å². The van der Waals surface area contributed by atoms with E-state index in [0.717, 1.165) is 24.4 Å². The van der Waals surface area contributed by atoms with Gasteiger partial charge in [0.1, 0.15) is 17.4 Å². The number of halogens is 3. The topological polar surface area (TPSA) is 78.4 Å². The first-order chi connectivity index (χ1) is 11.8. The maximum Gasteiger partial charge on any atom is 0.221 e. The summed E-state index contributed by atoms with van der Waals surface area (Å²) in [7, 11) is 0. The molecule has 0 bridgehead atoms. The molecule has 2 rings (SSSR count). The number of carbonyl (C=O) groups excluding carboxylic acids is 2. The van der Waals surface area contributed by atoms with E-state index in [2.05, 4.69) is 26.6 Å². The largest absolute Gasteiger partial charge is 0.506 e. The standard InChI is InChI=1S/C17H13BrF2N2O3/c1-9(23)22-15-8-14(13(20)7-17(15)25)21-5-4-16(24)11-3-2-10(18)6-12(11)19/h2-8,21,25H,1H3,(H,22,23). The second-order valence-electron chi connectivity index (χ2n) is 5.00. The van der Waals surface area contributed by atoms with Crippen LogP contribution in [0.5, 0.6) is 5.75 Å². The molecule has 0 aromatic heterocycles. The number of allylic oxidation sites excluding steroid dienone is 1. The summed E-state index contributed by atoms with van der Waals surface area (Å²) >= 11 is 3.09. The molecule has 8 heteroatoms. The Kier molecular flexibility index (Phi) is 5.87. The number of ketones is 1. The van der Waals surface area contributed by atoms with Crippen molar-refractivity contribution in [1.29, 1.82) is 0 Å². The molecule has 0 fully saturated rings. The molecule has 0 saturated carbocycles. The fraction of sp³-hybridized carbons (Fsp3) is 0.0588. The SMILES string of the molecule is CC(=O)Nc1cc(NC=CC(=O)c2ccc(Br)cc2F)c(F)cc1O. The Labute approximate surface area is 150 Å². The summed E-state index contributed by atoms with van der Waals surface area (Å²) in [5, 5.41) is 14.4. The van der Waals surface area contributed by atoms with Gasteiger partial charge in [-0.05, 0) is 24.3 Å². The molecule has 0 aliphatic carbocycles. The molecule has 2 aromatic carbocycles. The Morgan fingerprint density at radius 1 is 1.12 bits per heavy atom. The van der Waals surface area contributed by atoms with E-state index in [1.165, 1.54) is 25.1 Å². The lowest BCUT2D eigenvalue weighted by atomic mass is 10.1. The molecular formula is C17H13BrF2N2O3. The number of hydrogen-bond donors (Lipinski definition) is 3. The van der Waals surface area contributed by atoms with Crippen molar-refractivity contribution in [1.82, 2.24) is 0 Å². The molecule has 3 N–H and O–H groups in total. The maximum atomic E-state index is 13.8. The highest BCUT2D eigenvalue weighted by molar-refractivity contribution is 9.10. The van der Waals surface area contributed by atoms with E-state index in [9.17, 15) is 23.5 Å². The molecule has 0 saturated heterocycles. The summed E-state index contributed by atoms with van der Waals surface area (Å²) in [4.78, 5) is 23.0. The third-order valence-electron chi connectivity index (χ3n) is 3.07. The summed E-state index contributed by atoms with van der Waals surface area (Å²) in [6, 6.07) is 5.99. The summed E-state index contributed by atoms with van der Waals surface area (Å²) in [5.74, 6) is -2.97. The Hall–Kier alpha value is -2.74. The van der Waals surface area contributed by atoms with Crippen molar-refractivity contribution in [2.24, 2.45) is 0 Å². The number of amides is 1. The molecule has 2 aromatic rings. The molecule has 0 atom stereocenters. The maximum absolute atomic E-state index is 13.8. The van der Waals surface area contributed by atoms with Crippen LogP contribution in [0.1, 0.15) is 17.3 Å². The first-order valence-electron chi connectivity index (χ1n) is 7.00. The van der Waals surface area contributed by atoms with Crippen molar-refractivity contribution in [2.45, 2.75) is 6.92 Å². The van der Waals surface area contributed by atoms with Crippen molar-refractivity contribution in [2.75, 3.05) is 10.6 Å². The third-order valence-corrected chi connectivity index (χ3v) is 3.56. The van der Waals surface area contributed by atoms with Crippen molar-refractivity contribution in [3.8, 4) is 5.75 Å². The highest BCUT2D eigenvalue weighted by Gasteiger charge is 2.11. The quantitative estimate of drug-likeness (QED) is 0.298. The predicted octanol–water partition coefficient (Wildman–Crippen LogP) is 4.20. The number of phenolic OH excluding ortho intramolecular Hbond substituents is 1. The van der Waals surface area contributed by atoms with Crippen LogP contribution in [0.2, 0.25) is 0 Å². The second-order valence-corrected chi connectivity index (χ2v) is 5.91. The van der Waals surface area contributed by atoms with E-state index >= 15 is 0 Å². The van der Waals surface area contributed by atoms with Crippen molar-refractivity contribution < 1.29 is 23.5 Å². The zero-order valence-corrected chi connectivity index (χ0v) is 14.5. The van der Waals surface area contributed by atoms with Crippen LogP contribution in [0.15, 0.2) is 47.1 Å². The molecule has 0 unspecified atom stereocenters. The van der Waals surface area contributed by atoms with Gasteiger partial charge in [-0.15, -0.1) is 0 Å². The average Bonchev–Trinajstić information content (AvgIpc) is 2.51. The average molecular weight is 411 g/mol.